The summed E-state index contributed by atoms with van der Waals surface area (Å²) in [6.45, 7) is 2.03. The molecule has 2 aliphatic rings. The first-order chi connectivity index (χ1) is 16.0. The van der Waals surface area contributed by atoms with E-state index in [1.54, 1.807) is 35.2 Å². The average Bonchev–Trinajstić information content (AvgIpc) is 2.83. The van der Waals surface area contributed by atoms with Crippen molar-refractivity contribution < 1.29 is 24.0 Å². The molecular formula is C23H23N3O6S. The van der Waals surface area contributed by atoms with E-state index in [4.69, 9.17) is 9.47 Å². The molecule has 4 rings (SSSR count). The maximum Gasteiger partial charge on any atom is 0.283 e. The topological polar surface area (TPSA) is 111 Å². The summed E-state index contributed by atoms with van der Waals surface area (Å²) in [6.07, 6.45) is 5.28. The maximum absolute atomic E-state index is 12.5. The van der Waals surface area contributed by atoms with Crippen LogP contribution in [0, 0.1) is 10.1 Å². The fourth-order valence-electron chi connectivity index (χ4n) is 3.76. The van der Waals surface area contributed by atoms with Gasteiger partial charge in [0.1, 0.15) is 13.2 Å². The number of fused-ring (bicyclic) bond motifs is 1. The smallest absolute Gasteiger partial charge is 0.283 e. The number of ether oxygens (including phenoxy) is 2. The number of nitro groups is 1. The molecular weight excluding hydrogens is 446 g/mol. The number of nitro benzene ring substituents is 1. The van der Waals surface area contributed by atoms with Crippen molar-refractivity contribution in [3.63, 3.8) is 0 Å². The zero-order valence-corrected chi connectivity index (χ0v) is 18.6. The Kier molecular flexibility index (Phi) is 7.13. The Balaban J connectivity index is 1.47. The lowest BCUT2D eigenvalue weighted by Gasteiger charge is -2.31. The third-order valence-electron chi connectivity index (χ3n) is 5.38. The van der Waals surface area contributed by atoms with Crippen LogP contribution in [0.1, 0.15) is 18.4 Å². The monoisotopic (exact) mass is 469 g/mol. The molecule has 0 aromatic heterocycles. The first kappa shape index (κ1) is 22.7. The highest BCUT2D eigenvalue weighted by molar-refractivity contribution is 7.99. The van der Waals surface area contributed by atoms with Crippen LogP contribution in [0.25, 0.3) is 6.08 Å². The molecule has 1 unspecified atom stereocenters. The number of nitrogens with one attached hydrogen (secondary N) is 1. The maximum atomic E-state index is 12.5. The molecule has 1 N–H and O–H groups in total. The van der Waals surface area contributed by atoms with Gasteiger partial charge in [0.05, 0.1) is 9.82 Å². The zero-order chi connectivity index (χ0) is 23.2. The SMILES string of the molecule is O=CNC1CCCN(C(=O)/C=C/c2ccc(Sc3ccc4c(c3)OCCO4)c([N+](=O)[O-])c2)C1. The van der Waals surface area contributed by atoms with E-state index in [0.717, 1.165) is 17.7 Å². The lowest BCUT2D eigenvalue weighted by atomic mass is 10.1. The van der Waals surface area contributed by atoms with Crippen molar-refractivity contribution >= 4 is 35.8 Å². The lowest BCUT2D eigenvalue weighted by molar-refractivity contribution is -0.387. The Morgan fingerprint density at radius 3 is 2.79 bits per heavy atom. The van der Waals surface area contributed by atoms with E-state index in [-0.39, 0.29) is 17.6 Å². The van der Waals surface area contributed by atoms with E-state index in [2.05, 4.69) is 5.32 Å². The molecule has 1 fully saturated rings. The molecule has 0 radical (unpaired) electrons. The number of likely N-dealkylation sites (tertiary alicyclic amines) is 1. The summed E-state index contributed by atoms with van der Waals surface area (Å²) in [5.41, 5.74) is 0.513. The van der Waals surface area contributed by atoms with Gasteiger partial charge in [-0.25, -0.2) is 0 Å². The van der Waals surface area contributed by atoms with Gasteiger partial charge in [-0.05, 0) is 48.7 Å². The second kappa shape index (κ2) is 10.4. The van der Waals surface area contributed by atoms with Crippen molar-refractivity contribution in [3.8, 4) is 11.5 Å². The number of carbonyl (C=O) groups excluding carboxylic acids is 2. The third-order valence-corrected chi connectivity index (χ3v) is 6.43. The second-order valence-corrected chi connectivity index (χ2v) is 8.75. The summed E-state index contributed by atoms with van der Waals surface area (Å²) in [6, 6.07) is 10.3. The van der Waals surface area contributed by atoms with Crippen LogP contribution in [-0.4, -0.2) is 54.5 Å². The minimum absolute atomic E-state index is 0.0438. The fourth-order valence-corrected chi connectivity index (χ4v) is 4.69. The number of rotatable bonds is 7. The van der Waals surface area contributed by atoms with Crippen molar-refractivity contribution in [1.29, 1.82) is 0 Å². The number of amides is 2. The van der Waals surface area contributed by atoms with Gasteiger partial charge in [-0.1, -0.05) is 17.8 Å². The molecule has 2 amide bonds. The number of piperidine rings is 1. The van der Waals surface area contributed by atoms with Gasteiger partial charge in [0.2, 0.25) is 12.3 Å². The Morgan fingerprint density at radius 2 is 2.00 bits per heavy atom. The minimum atomic E-state index is -0.431. The van der Waals surface area contributed by atoms with Gasteiger partial charge in [0.15, 0.2) is 11.5 Å². The number of hydrogen-bond acceptors (Lipinski definition) is 7. The van der Waals surface area contributed by atoms with Gasteiger partial charge in [0.25, 0.3) is 5.69 Å². The molecule has 0 spiro atoms. The summed E-state index contributed by atoms with van der Waals surface area (Å²) < 4.78 is 11.1. The summed E-state index contributed by atoms with van der Waals surface area (Å²) in [5.74, 6) is 1.09. The zero-order valence-electron chi connectivity index (χ0n) is 17.8. The molecule has 2 heterocycles. The molecule has 1 saturated heterocycles. The van der Waals surface area contributed by atoms with Gasteiger partial charge in [0, 0.05) is 36.2 Å². The molecule has 33 heavy (non-hydrogen) atoms. The van der Waals surface area contributed by atoms with Crippen LogP contribution in [0.15, 0.2) is 52.3 Å². The predicted octanol–water partition coefficient (Wildman–Crippen LogP) is 3.27. The van der Waals surface area contributed by atoms with Crippen molar-refractivity contribution in [2.24, 2.45) is 0 Å². The number of nitrogens with zero attached hydrogens (tertiary/aromatic N) is 2. The molecule has 2 aromatic carbocycles. The Morgan fingerprint density at radius 1 is 1.18 bits per heavy atom. The van der Waals surface area contributed by atoms with Crippen molar-refractivity contribution in [3.05, 3.63) is 58.2 Å². The summed E-state index contributed by atoms with van der Waals surface area (Å²) >= 11 is 1.26. The van der Waals surface area contributed by atoms with Crippen LogP contribution in [0.5, 0.6) is 11.5 Å². The van der Waals surface area contributed by atoms with E-state index >= 15 is 0 Å². The van der Waals surface area contributed by atoms with Crippen LogP contribution in [-0.2, 0) is 9.59 Å². The quantitative estimate of drug-likeness (QED) is 0.287. The first-order valence-corrected chi connectivity index (χ1v) is 11.4. The van der Waals surface area contributed by atoms with E-state index in [1.165, 1.54) is 23.9 Å². The van der Waals surface area contributed by atoms with Crippen LogP contribution < -0.4 is 14.8 Å². The predicted molar refractivity (Wildman–Crippen MR) is 122 cm³/mol. The fraction of sp³-hybridized carbons (Fsp3) is 0.304. The van der Waals surface area contributed by atoms with Crippen molar-refractivity contribution in [2.45, 2.75) is 28.7 Å². The van der Waals surface area contributed by atoms with Gasteiger partial charge >= 0.3 is 0 Å². The molecule has 0 saturated carbocycles. The van der Waals surface area contributed by atoms with Crippen LogP contribution >= 0.6 is 11.8 Å². The highest BCUT2D eigenvalue weighted by Gasteiger charge is 2.22. The molecule has 172 valence electrons. The van der Waals surface area contributed by atoms with Crippen molar-refractivity contribution in [1.82, 2.24) is 10.2 Å². The Labute approximate surface area is 194 Å². The van der Waals surface area contributed by atoms with Crippen molar-refractivity contribution in [2.75, 3.05) is 26.3 Å². The average molecular weight is 470 g/mol. The van der Waals surface area contributed by atoms with Crippen LogP contribution in [0.3, 0.4) is 0 Å². The van der Waals surface area contributed by atoms with Gasteiger partial charge < -0.3 is 19.7 Å². The standard InChI is InChI=1S/C23H23N3O6S/c27-15-24-17-2-1-9-25(14-17)23(28)8-4-16-3-7-22(19(12-16)26(29)30)33-18-5-6-20-21(13-18)32-11-10-31-20/h3-8,12-13,15,17H,1-2,9-11,14H2,(H,24,27)/b8-4+. The second-order valence-electron chi connectivity index (χ2n) is 7.63. The highest BCUT2D eigenvalue weighted by atomic mass is 32.2. The normalized spacial score (nSPS) is 17.6. The van der Waals surface area contributed by atoms with E-state index in [0.29, 0.717) is 54.7 Å². The summed E-state index contributed by atoms with van der Waals surface area (Å²) in [7, 11) is 0. The molecule has 0 aliphatic carbocycles. The minimum Gasteiger partial charge on any atom is -0.486 e. The molecule has 1 atom stereocenters. The first-order valence-electron chi connectivity index (χ1n) is 10.6. The Bertz CT molecular complexity index is 1090. The summed E-state index contributed by atoms with van der Waals surface area (Å²) in [5, 5.41) is 14.4. The number of hydrogen-bond donors (Lipinski definition) is 1. The highest BCUT2D eigenvalue weighted by Crippen LogP contribution is 2.40. The number of carbonyl (C=O) groups is 2. The Hall–Kier alpha value is -3.53. The van der Waals surface area contributed by atoms with E-state index in [9.17, 15) is 19.7 Å². The largest absolute Gasteiger partial charge is 0.486 e. The molecule has 10 heteroatoms. The van der Waals surface area contributed by atoms with E-state index < -0.39 is 4.92 Å². The number of benzene rings is 2. The van der Waals surface area contributed by atoms with Gasteiger partial charge in [-0.15, -0.1) is 0 Å². The molecule has 2 aromatic rings. The van der Waals surface area contributed by atoms with Gasteiger partial charge in [-0.2, -0.15) is 0 Å². The lowest BCUT2D eigenvalue weighted by Crippen LogP contribution is -2.47. The molecule has 0 bridgehead atoms. The van der Waals surface area contributed by atoms with Crippen LogP contribution in [0.2, 0.25) is 0 Å². The molecule has 2 aliphatic heterocycles. The van der Waals surface area contributed by atoms with Gasteiger partial charge in [-0.3, -0.25) is 19.7 Å². The third kappa shape index (κ3) is 5.64. The summed E-state index contributed by atoms with van der Waals surface area (Å²) in [4.78, 5) is 37.4. The van der Waals surface area contributed by atoms with Crippen LogP contribution in [0.4, 0.5) is 5.69 Å². The molecule has 9 nitrogen and oxygen atoms in total. The van der Waals surface area contributed by atoms with E-state index in [1.807, 2.05) is 6.07 Å².